The topological polar surface area (TPSA) is 56.0 Å². The van der Waals surface area contributed by atoms with E-state index in [2.05, 4.69) is 12.2 Å². The van der Waals surface area contributed by atoms with E-state index in [0.717, 1.165) is 23.0 Å². The molecule has 0 radical (unpaired) electrons. The van der Waals surface area contributed by atoms with E-state index < -0.39 is 0 Å². The van der Waals surface area contributed by atoms with Gasteiger partial charge in [-0.25, -0.2) is 4.79 Å². The summed E-state index contributed by atoms with van der Waals surface area (Å²) < 4.78 is 3.17. The number of carbonyl (C=O) groups is 1. The molecule has 0 saturated heterocycles. The number of aromatic nitrogens is 2. The predicted octanol–water partition coefficient (Wildman–Crippen LogP) is 3.06. The molecule has 0 aliphatic heterocycles. The van der Waals surface area contributed by atoms with Crippen LogP contribution in [-0.2, 0) is 20.5 Å². The lowest BCUT2D eigenvalue weighted by Gasteiger charge is -2.04. The second-order valence-corrected chi connectivity index (χ2v) is 6.77. The SMILES string of the molecule is CCc1sc(C(=O)Nc2ccc3c(c2)n(C)c(=O)n3C)cc1C. The van der Waals surface area contributed by atoms with Gasteiger partial charge in [0.25, 0.3) is 5.91 Å². The number of aryl methyl sites for hydroxylation is 4. The zero-order valence-electron chi connectivity index (χ0n) is 13.6. The van der Waals surface area contributed by atoms with E-state index in [1.54, 1.807) is 23.2 Å². The number of nitrogens with zero attached hydrogens (tertiary/aromatic N) is 2. The summed E-state index contributed by atoms with van der Waals surface area (Å²) in [7, 11) is 3.47. The molecule has 1 N–H and O–H groups in total. The molecule has 23 heavy (non-hydrogen) atoms. The van der Waals surface area contributed by atoms with Crippen molar-refractivity contribution in [2.75, 3.05) is 5.32 Å². The monoisotopic (exact) mass is 329 g/mol. The Morgan fingerprint density at radius 2 is 1.87 bits per heavy atom. The molecule has 1 amide bonds. The van der Waals surface area contributed by atoms with E-state index >= 15 is 0 Å². The first-order valence-electron chi connectivity index (χ1n) is 7.48. The quantitative estimate of drug-likeness (QED) is 0.803. The van der Waals surface area contributed by atoms with Crippen LogP contribution in [0.25, 0.3) is 11.0 Å². The van der Waals surface area contributed by atoms with Crippen molar-refractivity contribution >= 4 is 34.0 Å². The number of fused-ring (bicyclic) bond motifs is 1. The van der Waals surface area contributed by atoms with Gasteiger partial charge in [-0.2, -0.15) is 0 Å². The molecule has 0 aliphatic rings. The number of thiophene rings is 1. The van der Waals surface area contributed by atoms with Crippen molar-refractivity contribution in [3.05, 3.63) is 50.1 Å². The summed E-state index contributed by atoms with van der Waals surface area (Å²) in [5.74, 6) is -0.113. The Morgan fingerprint density at radius 1 is 1.17 bits per heavy atom. The average molecular weight is 329 g/mol. The Labute approximate surface area is 138 Å². The van der Waals surface area contributed by atoms with Gasteiger partial charge in [-0.1, -0.05) is 6.92 Å². The van der Waals surface area contributed by atoms with Crippen LogP contribution in [0, 0.1) is 6.92 Å². The molecule has 6 heteroatoms. The van der Waals surface area contributed by atoms with Gasteiger partial charge in [-0.3, -0.25) is 13.9 Å². The van der Waals surface area contributed by atoms with Crippen LogP contribution in [0.2, 0.25) is 0 Å². The lowest BCUT2D eigenvalue weighted by molar-refractivity contribution is 0.103. The highest BCUT2D eigenvalue weighted by atomic mass is 32.1. The Morgan fingerprint density at radius 3 is 2.52 bits per heavy atom. The molecule has 0 spiro atoms. The number of carbonyl (C=O) groups excluding carboxylic acids is 1. The lowest BCUT2D eigenvalue weighted by Crippen LogP contribution is -2.19. The van der Waals surface area contributed by atoms with Gasteiger partial charge in [0.15, 0.2) is 0 Å². The van der Waals surface area contributed by atoms with Crippen LogP contribution < -0.4 is 11.0 Å². The van der Waals surface area contributed by atoms with Gasteiger partial charge in [-0.15, -0.1) is 11.3 Å². The molecule has 3 rings (SSSR count). The van der Waals surface area contributed by atoms with E-state index in [1.807, 2.05) is 31.2 Å². The molecule has 0 atom stereocenters. The number of anilines is 1. The fraction of sp³-hybridized carbons (Fsp3) is 0.294. The summed E-state index contributed by atoms with van der Waals surface area (Å²) in [6, 6.07) is 7.43. The highest BCUT2D eigenvalue weighted by molar-refractivity contribution is 7.14. The summed E-state index contributed by atoms with van der Waals surface area (Å²) in [6.07, 6.45) is 0.932. The van der Waals surface area contributed by atoms with Crippen molar-refractivity contribution in [3.8, 4) is 0 Å². The molecule has 0 unspecified atom stereocenters. The van der Waals surface area contributed by atoms with Crippen LogP contribution in [-0.4, -0.2) is 15.0 Å². The minimum atomic E-state index is -0.113. The number of rotatable bonds is 3. The van der Waals surface area contributed by atoms with Gasteiger partial charge >= 0.3 is 5.69 Å². The molecule has 0 saturated carbocycles. The minimum Gasteiger partial charge on any atom is -0.321 e. The standard InChI is InChI=1S/C17H19N3O2S/c1-5-14-10(2)8-15(23-14)16(21)18-11-6-7-12-13(9-11)20(4)17(22)19(12)3/h6-9H,5H2,1-4H3,(H,18,21). The summed E-state index contributed by atoms with van der Waals surface area (Å²) in [4.78, 5) is 26.3. The van der Waals surface area contributed by atoms with E-state index in [4.69, 9.17) is 0 Å². The molecule has 5 nitrogen and oxygen atoms in total. The third-order valence-corrected chi connectivity index (χ3v) is 5.48. The van der Waals surface area contributed by atoms with Gasteiger partial charge in [0, 0.05) is 24.7 Å². The maximum absolute atomic E-state index is 12.4. The number of imidazole rings is 1. The Balaban J connectivity index is 1.93. The largest absolute Gasteiger partial charge is 0.328 e. The van der Waals surface area contributed by atoms with Crippen molar-refractivity contribution in [1.29, 1.82) is 0 Å². The predicted molar refractivity (Wildman–Crippen MR) is 94.5 cm³/mol. The molecule has 120 valence electrons. The van der Waals surface area contributed by atoms with Crippen LogP contribution in [0.4, 0.5) is 5.69 Å². The molecule has 3 aromatic rings. The van der Waals surface area contributed by atoms with Gasteiger partial charge < -0.3 is 5.32 Å². The maximum atomic E-state index is 12.4. The molecule has 2 aromatic heterocycles. The Kier molecular flexibility index (Phi) is 3.85. The van der Waals surface area contributed by atoms with Crippen LogP contribution in [0.15, 0.2) is 29.1 Å². The van der Waals surface area contributed by atoms with E-state index in [9.17, 15) is 9.59 Å². The van der Waals surface area contributed by atoms with Gasteiger partial charge in [0.1, 0.15) is 0 Å². The lowest BCUT2D eigenvalue weighted by atomic mass is 10.2. The van der Waals surface area contributed by atoms with Crippen molar-refractivity contribution in [2.24, 2.45) is 14.1 Å². The third-order valence-electron chi connectivity index (χ3n) is 4.10. The fourth-order valence-electron chi connectivity index (χ4n) is 2.76. The number of hydrogen-bond acceptors (Lipinski definition) is 3. The summed E-state index contributed by atoms with van der Waals surface area (Å²) >= 11 is 1.53. The summed E-state index contributed by atoms with van der Waals surface area (Å²) in [5.41, 5.74) is 3.41. The van der Waals surface area contributed by atoms with Crippen molar-refractivity contribution < 1.29 is 4.79 Å². The molecule has 1 aromatic carbocycles. The maximum Gasteiger partial charge on any atom is 0.328 e. The van der Waals surface area contributed by atoms with Crippen molar-refractivity contribution in [2.45, 2.75) is 20.3 Å². The van der Waals surface area contributed by atoms with Gasteiger partial charge in [-0.05, 0) is 43.2 Å². The summed E-state index contributed by atoms with van der Waals surface area (Å²) in [5, 5.41) is 2.92. The molecule has 0 bridgehead atoms. The van der Waals surface area contributed by atoms with Crippen molar-refractivity contribution in [1.82, 2.24) is 9.13 Å². The number of nitrogens with one attached hydrogen (secondary N) is 1. The number of benzene rings is 1. The smallest absolute Gasteiger partial charge is 0.321 e. The first kappa shape index (κ1) is 15.6. The Bertz CT molecular complexity index is 962. The van der Waals surface area contributed by atoms with E-state index in [-0.39, 0.29) is 11.6 Å². The number of amides is 1. The van der Waals surface area contributed by atoms with Crippen LogP contribution >= 0.6 is 11.3 Å². The second-order valence-electron chi connectivity index (χ2n) is 5.63. The molecule has 2 heterocycles. The van der Waals surface area contributed by atoms with Gasteiger partial charge in [0.05, 0.1) is 15.9 Å². The normalized spacial score (nSPS) is 11.1. The summed E-state index contributed by atoms with van der Waals surface area (Å²) in [6.45, 7) is 4.11. The second kappa shape index (κ2) is 5.70. The third kappa shape index (κ3) is 2.59. The fourth-order valence-corrected chi connectivity index (χ4v) is 3.77. The Hall–Kier alpha value is -2.34. The van der Waals surface area contributed by atoms with E-state index in [0.29, 0.717) is 10.6 Å². The van der Waals surface area contributed by atoms with Crippen molar-refractivity contribution in [3.63, 3.8) is 0 Å². The first-order valence-corrected chi connectivity index (χ1v) is 8.30. The minimum absolute atomic E-state index is 0.0788. The zero-order valence-corrected chi connectivity index (χ0v) is 14.5. The molecule has 0 fully saturated rings. The van der Waals surface area contributed by atoms with E-state index in [1.165, 1.54) is 16.2 Å². The van der Waals surface area contributed by atoms with Crippen LogP contribution in [0.5, 0.6) is 0 Å². The molecule has 0 aliphatic carbocycles. The highest BCUT2D eigenvalue weighted by Gasteiger charge is 2.13. The molecular formula is C17H19N3O2S. The molecular weight excluding hydrogens is 310 g/mol. The van der Waals surface area contributed by atoms with Gasteiger partial charge in [0.2, 0.25) is 0 Å². The zero-order chi connectivity index (χ0) is 16.7. The average Bonchev–Trinajstić information content (AvgIpc) is 3.02. The number of hydrogen-bond donors (Lipinski definition) is 1. The highest BCUT2D eigenvalue weighted by Crippen LogP contribution is 2.24. The first-order chi connectivity index (χ1) is 10.9. The van der Waals surface area contributed by atoms with Crippen LogP contribution in [0.1, 0.15) is 27.0 Å². The van der Waals surface area contributed by atoms with Crippen LogP contribution in [0.3, 0.4) is 0 Å².